The van der Waals surface area contributed by atoms with E-state index in [1.165, 1.54) is 0 Å². The van der Waals surface area contributed by atoms with E-state index in [2.05, 4.69) is 191 Å². The quantitative estimate of drug-likeness (QED) is 0.176. The molecule has 4 heterocycles. The Morgan fingerprint density at radius 1 is 0.300 bits per heavy atom. The minimum Gasteiger partial charge on any atom is -0.456 e. The van der Waals surface area contributed by atoms with Gasteiger partial charge in [0, 0.05) is 43.1 Å². The normalized spacial score (nSPS) is 12.0. The molecule has 6 heteroatoms. The van der Waals surface area contributed by atoms with E-state index in [4.69, 9.17) is 8.83 Å². The third-order valence-electron chi connectivity index (χ3n) is 14.6. The van der Waals surface area contributed by atoms with Crippen LogP contribution in [-0.2, 0) is 0 Å². The van der Waals surface area contributed by atoms with Gasteiger partial charge in [0.05, 0.1) is 44.6 Å². The van der Waals surface area contributed by atoms with Gasteiger partial charge in [-0.3, -0.25) is 0 Å². The van der Waals surface area contributed by atoms with Crippen molar-refractivity contribution < 1.29 is 8.83 Å². The van der Waals surface area contributed by atoms with E-state index < -0.39 is 0 Å². The number of aromatic nitrogens is 2. The van der Waals surface area contributed by atoms with Crippen LogP contribution >= 0.6 is 0 Å². The van der Waals surface area contributed by atoms with Gasteiger partial charge in [0.2, 0.25) is 0 Å². The average molecular weight is 891 g/mol. The molecule has 4 aromatic heterocycles. The Labute approximate surface area is 398 Å². The molecule has 0 spiro atoms. The van der Waals surface area contributed by atoms with Crippen LogP contribution in [0.25, 0.3) is 143 Å². The smallest absolute Gasteiger partial charge is 0.135 e. The number of benzene rings is 11. The molecule has 0 atom stereocenters. The van der Waals surface area contributed by atoms with E-state index in [9.17, 15) is 10.5 Å². The molecule has 0 radical (unpaired) electrons. The van der Waals surface area contributed by atoms with Gasteiger partial charge in [-0.1, -0.05) is 121 Å². The summed E-state index contributed by atoms with van der Waals surface area (Å²) in [7, 11) is 0. The summed E-state index contributed by atoms with van der Waals surface area (Å²) in [5, 5.41) is 34.7. The Morgan fingerprint density at radius 2 is 0.657 bits per heavy atom. The molecule has 0 unspecified atom stereocenters. The maximum Gasteiger partial charge on any atom is 0.135 e. The number of para-hydroxylation sites is 2. The second-order valence-corrected chi connectivity index (χ2v) is 18.2. The summed E-state index contributed by atoms with van der Waals surface area (Å²) < 4.78 is 17.0. The highest BCUT2D eigenvalue weighted by Gasteiger charge is 2.24. The van der Waals surface area contributed by atoms with Crippen molar-refractivity contribution in [2.45, 2.75) is 0 Å². The van der Waals surface area contributed by atoms with Crippen LogP contribution in [0.2, 0.25) is 0 Å². The van der Waals surface area contributed by atoms with Crippen molar-refractivity contribution in [2.75, 3.05) is 0 Å². The zero-order valence-corrected chi connectivity index (χ0v) is 37.2. The standard InChI is InChI=1S/C64H34N4O2/c65-35-43-33-57(67-53-23-19-39(31-51(53)63-45-11-3-1-9-37(45)17-25-55(63)67)41-21-27-61-49(29-41)47-13-5-7-15-59(47)69-61)58(34-44(43)36-66)68-54-24-20-40(32-52(54)64-46-12-4-2-10-38(46)18-26-56(64)68)42-22-28-62-50(30-42)48-14-6-8-16-60(48)70-62/h1-34H. The van der Waals surface area contributed by atoms with Crippen molar-refractivity contribution in [2.24, 2.45) is 0 Å². The minimum atomic E-state index is 0.310. The van der Waals surface area contributed by atoms with Gasteiger partial charge < -0.3 is 18.0 Å². The van der Waals surface area contributed by atoms with Crippen LogP contribution in [0, 0.1) is 22.7 Å². The van der Waals surface area contributed by atoms with E-state index >= 15 is 0 Å². The molecule has 15 aromatic rings. The highest BCUT2D eigenvalue weighted by molar-refractivity contribution is 6.24. The first-order valence-electron chi connectivity index (χ1n) is 23.3. The molecule has 0 aliphatic rings. The lowest BCUT2D eigenvalue weighted by Crippen LogP contribution is -2.05. The topological polar surface area (TPSA) is 83.7 Å². The summed E-state index contributed by atoms with van der Waals surface area (Å²) in [4.78, 5) is 0. The summed E-state index contributed by atoms with van der Waals surface area (Å²) in [6.07, 6.45) is 0. The maximum atomic E-state index is 10.7. The maximum absolute atomic E-state index is 10.7. The fraction of sp³-hybridized carbons (Fsp3) is 0. The molecule has 6 nitrogen and oxygen atoms in total. The average Bonchev–Trinajstić information content (AvgIpc) is 4.17. The number of hydrogen-bond donors (Lipinski definition) is 0. The lowest BCUT2D eigenvalue weighted by atomic mass is 9.99. The fourth-order valence-electron chi connectivity index (χ4n) is 11.4. The molecule has 0 aliphatic heterocycles. The van der Waals surface area contributed by atoms with Crippen molar-refractivity contribution >= 4 is 109 Å². The molecule has 11 aromatic carbocycles. The molecule has 0 bridgehead atoms. The monoisotopic (exact) mass is 890 g/mol. The highest BCUT2D eigenvalue weighted by atomic mass is 16.3. The van der Waals surface area contributed by atoms with Gasteiger partial charge in [0.1, 0.15) is 34.5 Å². The van der Waals surface area contributed by atoms with Crippen molar-refractivity contribution in [3.05, 3.63) is 217 Å². The molecule has 0 saturated heterocycles. The van der Waals surface area contributed by atoms with E-state index in [1.54, 1.807) is 0 Å². The molecule has 322 valence electrons. The summed E-state index contributed by atoms with van der Waals surface area (Å²) in [5.74, 6) is 0. The van der Waals surface area contributed by atoms with Crippen molar-refractivity contribution in [3.8, 4) is 45.8 Å². The highest BCUT2D eigenvalue weighted by Crippen LogP contribution is 2.45. The Kier molecular flexibility index (Phi) is 7.82. The van der Waals surface area contributed by atoms with Gasteiger partial charge in [-0.2, -0.15) is 10.5 Å². The van der Waals surface area contributed by atoms with Crippen LogP contribution in [0.5, 0.6) is 0 Å². The Morgan fingerprint density at radius 3 is 1.10 bits per heavy atom. The summed E-state index contributed by atoms with van der Waals surface area (Å²) in [5.41, 5.74) is 13.9. The predicted octanol–water partition coefficient (Wildman–Crippen LogP) is 17.1. The molecular weight excluding hydrogens is 857 g/mol. The SMILES string of the molecule is N#Cc1cc(-n2c3ccc(-c4ccc5oc6ccccc6c5c4)cc3c3c4ccccc4ccc32)c(-n2c3ccc(-c4ccc5oc6ccccc6c5c4)cc3c3c4ccccc4ccc32)cc1C#N. The Bertz CT molecular complexity index is 4560. The Hall–Kier alpha value is -9.88. The fourth-order valence-corrected chi connectivity index (χ4v) is 11.4. The lowest BCUT2D eigenvalue weighted by Gasteiger charge is -2.18. The van der Waals surface area contributed by atoms with Crippen LogP contribution < -0.4 is 0 Å². The van der Waals surface area contributed by atoms with Crippen LogP contribution in [0.1, 0.15) is 11.1 Å². The molecular formula is C64H34N4O2. The van der Waals surface area contributed by atoms with E-state index in [-0.39, 0.29) is 0 Å². The number of furan rings is 2. The van der Waals surface area contributed by atoms with E-state index in [1.807, 2.05) is 36.4 Å². The van der Waals surface area contributed by atoms with E-state index in [0.29, 0.717) is 11.1 Å². The number of fused-ring (bicyclic) bond motifs is 16. The zero-order valence-electron chi connectivity index (χ0n) is 37.2. The second-order valence-electron chi connectivity index (χ2n) is 18.2. The molecule has 0 aliphatic carbocycles. The zero-order chi connectivity index (χ0) is 46.2. The summed E-state index contributed by atoms with van der Waals surface area (Å²) in [6.45, 7) is 0. The number of hydrogen-bond acceptors (Lipinski definition) is 4. The second kappa shape index (κ2) is 14.3. The van der Waals surface area contributed by atoms with Crippen molar-refractivity contribution in [1.29, 1.82) is 10.5 Å². The predicted molar refractivity (Wildman–Crippen MR) is 285 cm³/mol. The van der Waals surface area contributed by atoms with Crippen molar-refractivity contribution in [3.63, 3.8) is 0 Å². The van der Waals surface area contributed by atoms with Crippen molar-refractivity contribution in [1.82, 2.24) is 9.13 Å². The summed E-state index contributed by atoms with van der Waals surface area (Å²) in [6, 6.07) is 77.0. The molecule has 0 fully saturated rings. The van der Waals surface area contributed by atoms with Gasteiger partial charge in [-0.25, -0.2) is 0 Å². The third-order valence-corrected chi connectivity index (χ3v) is 14.6. The molecule has 0 N–H and O–H groups in total. The van der Waals surface area contributed by atoms with Gasteiger partial charge in [-0.05, 0) is 129 Å². The first kappa shape index (κ1) is 38.2. The first-order valence-corrected chi connectivity index (χ1v) is 23.3. The van der Waals surface area contributed by atoms with Crippen LogP contribution in [0.4, 0.5) is 0 Å². The number of nitrogens with zero attached hydrogens (tertiary/aromatic N) is 4. The summed E-state index contributed by atoms with van der Waals surface area (Å²) >= 11 is 0. The number of rotatable bonds is 4. The molecule has 70 heavy (non-hydrogen) atoms. The van der Waals surface area contributed by atoms with Crippen LogP contribution in [0.3, 0.4) is 0 Å². The Balaban J connectivity index is 1.02. The van der Waals surface area contributed by atoms with Gasteiger partial charge >= 0.3 is 0 Å². The minimum absolute atomic E-state index is 0.310. The van der Waals surface area contributed by atoms with Crippen LogP contribution in [0.15, 0.2) is 215 Å². The molecule has 0 saturated carbocycles. The molecule has 0 amide bonds. The van der Waals surface area contributed by atoms with E-state index in [0.717, 1.165) is 143 Å². The van der Waals surface area contributed by atoms with Gasteiger partial charge in [0.25, 0.3) is 0 Å². The van der Waals surface area contributed by atoms with Crippen LogP contribution in [-0.4, -0.2) is 9.13 Å². The molecule has 15 rings (SSSR count). The third kappa shape index (κ3) is 5.36. The first-order chi connectivity index (χ1) is 34.6. The largest absolute Gasteiger partial charge is 0.456 e. The van der Waals surface area contributed by atoms with Gasteiger partial charge in [-0.15, -0.1) is 0 Å². The van der Waals surface area contributed by atoms with Gasteiger partial charge in [0.15, 0.2) is 0 Å². The lowest BCUT2D eigenvalue weighted by molar-refractivity contribution is 0.668. The number of nitriles is 2.